The number of nitrogens with zero attached hydrogens (tertiary/aromatic N) is 5. The molecule has 706 valence electrons. The Bertz CT molecular complexity index is 8300. The van der Waals surface area contributed by atoms with E-state index in [2.05, 4.69) is 81.7 Å². The average molecular weight is 2020 g/mol. The molecular formula is C110H84Cl5FN16O8S2. The lowest BCUT2D eigenvalue weighted by molar-refractivity contribution is 0.101. The van der Waals surface area contributed by atoms with Crippen LogP contribution in [0.1, 0.15) is 88.6 Å². The quantitative estimate of drug-likeness (QED) is 0.0359. The number of hydrogen-bond donors (Lipinski definition) is 11. The van der Waals surface area contributed by atoms with Crippen molar-refractivity contribution in [3.05, 3.63) is 405 Å². The zero-order chi connectivity index (χ0) is 99.4. The van der Waals surface area contributed by atoms with Crippen LogP contribution in [-0.4, -0.2) is 99.5 Å². The summed E-state index contributed by atoms with van der Waals surface area (Å²) < 4.78 is 24.0. The molecule has 0 saturated carbocycles. The molecule has 0 unspecified atom stereocenters. The molecule has 0 aliphatic rings. The molecule has 14 aromatic carbocycles. The summed E-state index contributed by atoms with van der Waals surface area (Å²) in [6.45, 7) is 9.62. The molecule has 24 nitrogen and oxygen atoms in total. The summed E-state index contributed by atoms with van der Waals surface area (Å²) in [7, 11) is 3.19. The van der Waals surface area contributed by atoms with E-state index in [1.807, 2.05) is 246 Å². The van der Waals surface area contributed by atoms with Gasteiger partial charge >= 0.3 is 0 Å². The van der Waals surface area contributed by atoms with Crippen LogP contribution in [0.15, 0.2) is 314 Å². The first-order chi connectivity index (χ1) is 68.6. The van der Waals surface area contributed by atoms with Crippen molar-refractivity contribution < 1.29 is 42.6 Å². The van der Waals surface area contributed by atoms with Crippen molar-refractivity contribution in [1.82, 2.24) is 49.8 Å². The molecule has 0 fully saturated rings. The number of halogens is 6. The molecule has 0 bridgehead atoms. The average Bonchev–Trinajstić information content (AvgIpc) is 1.63. The van der Waals surface area contributed by atoms with Crippen LogP contribution in [-0.2, 0) is 0 Å². The third-order valence-corrected chi connectivity index (χ3v) is 26.2. The Morgan fingerprint density at radius 2 is 0.648 bits per heavy atom. The Morgan fingerprint density at radius 3 is 1.06 bits per heavy atom. The molecule has 0 aliphatic carbocycles. The van der Waals surface area contributed by atoms with Crippen molar-refractivity contribution in [2.45, 2.75) is 34.6 Å². The number of ether oxygens (including phenoxy) is 2. The Hall–Kier alpha value is -16.4. The van der Waals surface area contributed by atoms with Crippen LogP contribution in [0.25, 0.3) is 112 Å². The fourth-order valence-corrected chi connectivity index (χ4v) is 16.9. The number of anilines is 6. The zero-order valence-electron chi connectivity index (χ0n) is 76.6. The van der Waals surface area contributed by atoms with Crippen LogP contribution in [0.3, 0.4) is 0 Å². The number of methoxy groups -OCH3 is 2. The first kappa shape index (κ1) is 97.3. The number of para-hydroxylation sites is 1. The number of amides is 6. The topological polar surface area (TPSA) is 336 Å². The van der Waals surface area contributed by atoms with E-state index in [1.54, 1.807) is 105 Å². The van der Waals surface area contributed by atoms with E-state index in [-0.39, 0.29) is 41.3 Å². The highest BCUT2D eigenvalue weighted by Gasteiger charge is 2.21. The van der Waals surface area contributed by atoms with E-state index >= 15 is 0 Å². The molecule has 7 heterocycles. The third-order valence-electron chi connectivity index (χ3n) is 22.6. The summed E-state index contributed by atoms with van der Waals surface area (Å²) in [6.07, 6.45) is 0. The number of aryl methyl sites for hydroxylation is 5. The van der Waals surface area contributed by atoms with Gasteiger partial charge in [-0.05, 0) is 322 Å². The minimum Gasteiger partial charge on any atom is -0.497 e. The van der Waals surface area contributed by atoms with E-state index in [1.165, 1.54) is 34.8 Å². The molecule has 6 amide bonds. The van der Waals surface area contributed by atoms with Gasteiger partial charge in [0.15, 0.2) is 0 Å². The number of carbonyl (C=O) groups is 6. The van der Waals surface area contributed by atoms with Crippen molar-refractivity contribution in [2.75, 3.05) is 46.1 Å². The predicted octanol–water partition coefficient (Wildman–Crippen LogP) is 28.8. The summed E-state index contributed by atoms with van der Waals surface area (Å²) in [5, 5.41) is 23.9. The first-order valence-corrected chi connectivity index (χ1v) is 47.7. The van der Waals surface area contributed by atoms with Crippen molar-refractivity contribution in [3.8, 4) is 68.4 Å². The number of imidazole rings is 5. The maximum Gasteiger partial charge on any atom is 0.265 e. The molecule has 21 aromatic rings. The Morgan fingerprint density at radius 1 is 0.296 bits per heavy atom. The van der Waals surface area contributed by atoms with Crippen molar-refractivity contribution in [3.63, 3.8) is 0 Å². The largest absolute Gasteiger partial charge is 0.497 e. The lowest BCUT2D eigenvalue weighted by Crippen LogP contribution is -2.12. The highest BCUT2D eigenvalue weighted by molar-refractivity contribution is 7.12. The normalized spacial score (nSPS) is 10.9. The smallest absolute Gasteiger partial charge is 0.265 e. The molecule has 142 heavy (non-hydrogen) atoms. The van der Waals surface area contributed by atoms with Crippen LogP contribution in [0.5, 0.6) is 11.5 Å². The van der Waals surface area contributed by atoms with Crippen LogP contribution >= 0.6 is 80.7 Å². The standard InChI is InChI=1S/C23H16N4O2S2.C22H17Cl2N3O2.C22H18ClN3O2.C22H18ClN3O.C21H15ClFN3O/c28-22(19-3-1-11-30-19)24-15-7-5-14(6-8-15)21-26-17-10-9-16(13-18(17)27-21)25-23(29)20-4-2-12-31-20;1-12-3-4-14(9-16(12)24)22(28)27-18-7-5-13(10-20(18)29-2)21-25-17-8-6-15(23)11-19(17)26-21;1-13-3-4-15(11-18(13)23)22(27)24-16-7-5-14(6-8-16)21-25-19-10-9-17(28-2)12-20(19)26-21;1-13-6-7-16(12-18(13)23)22(27)24-17-10-8-15(9-11-17)21-25-19-5-3-4-14(2)20(19)26-21;1-12-2-3-14(10-17(12)22)21(27)24-16-7-4-13(5-8-16)20-25-18-9-6-15(23)11-19(18)26-20/h1-13H,(H,24,28)(H,25,29)(H,26,27);3-11H,1-2H3,(H,25,26)(H,27,28);3-12H,1-2H3,(H,24,27)(H,25,26);3-12H,1-2H3,(H,24,27)(H,25,26);2-11H,1H3,(H,24,27)(H,25,26). The second-order valence-electron chi connectivity index (χ2n) is 32.6. The van der Waals surface area contributed by atoms with Crippen molar-refractivity contribution in [1.29, 1.82) is 0 Å². The Balaban J connectivity index is 0.000000122. The molecule has 0 radical (unpaired) electrons. The van der Waals surface area contributed by atoms with E-state index in [0.29, 0.717) is 120 Å². The van der Waals surface area contributed by atoms with Gasteiger partial charge in [-0.15, -0.1) is 22.7 Å². The van der Waals surface area contributed by atoms with E-state index < -0.39 is 0 Å². The van der Waals surface area contributed by atoms with Gasteiger partial charge in [-0.25, -0.2) is 29.3 Å². The van der Waals surface area contributed by atoms with Gasteiger partial charge < -0.3 is 66.3 Å². The fraction of sp³-hybridized carbons (Fsp3) is 0.0636. The maximum atomic E-state index is 13.3. The van der Waals surface area contributed by atoms with Crippen molar-refractivity contribution in [2.24, 2.45) is 0 Å². The highest BCUT2D eigenvalue weighted by atomic mass is 35.5. The number of aromatic nitrogens is 10. The number of hydrogen-bond acceptors (Lipinski definition) is 15. The van der Waals surface area contributed by atoms with Crippen LogP contribution in [0.2, 0.25) is 25.1 Å². The summed E-state index contributed by atoms with van der Waals surface area (Å²) in [5.41, 5.74) is 23.7. The number of H-pyrrole nitrogens is 5. The molecule has 0 spiro atoms. The number of benzene rings is 14. The van der Waals surface area contributed by atoms with Gasteiger partial charge in [0.05, 0.1) is 84.8 Å². The summed E-state index contributed by atoms with van der Waals surface area (Å²) in [6, 6.07) is 90.8. The molecule has 32 heteroatoms. The second kappa shape index (κ2) is 43.8. The molecule has 7 aromatic heterocycles. The van der Waals surface area contributed by atoms with Gasteiger partial charge in [0, 0.05) is 110 Å². The highest BCUT2D eigenvalue weighted by Crippen LogP contribution is 2.36. The van der Waals surface area contributed by atoms with Gasteiger partial charge in [-0.1, -0.05) is 107 Å². The lowest BCUT2D eigenvalue weighted by atomic mass is 10.1. The molecule has 0 saturated heterocycles. The number of thiophene rings is 2. The summed E-state index contributed by atoms with van der Waals surface area (Å²) in [4.78, 5) is 115. The van der Waals surface area contributed by atoms with Gasteiger partial charge in [0.25, 0.3) is 35.4 Å². The first-order valence-electron chi connectivity index (χ1n) is 44.0. The summed E-state index contributed by atoms with van der Waals surface area (Å²) in [5.74, 6) is 3.44. The minimum absolute atomic E-state index is 0.122. The fourth-order valence-electron chi connectivity index (χ4n) is 14.8. The molecule has 0 aliphatic heterocycles. The molecule has 0 atom stereocenters. The van der Waals surface area contributed by atoms with E-state index in [4.69, 9.17) is 67.5 Å². The number of nitrogens with one attached hydrogen (secondary N) is 11. The Labute approximate surface area is 845 Å². The number of carbonyl (C=O) groups excluding carboxylic acids is 6. The van der Waals surface area contributed by atoms with Gasteiger partial charge in [0.2, 0.25) is 0 Å². The molecular weight excluding hydrogens is 1930 g/mol. The summed E-state index contributed by atoms with van der Waals surface area (Å²) >= 11 is 33.3. The maximum absolute atomic E-state index is 13.3. The van der Waals surface area contributed by atoms with Crippen LogP contribution < -0.4 is 41.4 Å². The Kier molecular flexibility index (Phi) is 30.0. The SMILES string of the molecule is COc1cc(-c2nc3ccc(Cl)cc3[nH]2)ccc1NC(=O)c1ccc(C)c(Cl)c1.COc1ccc2nc(-c3ccc(NC(=O)c4ccc(C)c(Cl)c4)cc3)[nH]c2c1.Cc1ccc(C(=O)Nc2ccc(-c3nc4c(C)cccc4[nH]3)cc2)cc1Cl.Cc1ccc(C(=O)Nc2ccc(-c3nc4ccc(F)cc4[nH]3)cc2)cc1Cl.O=C(Nc1ccc(-c2nc3ccc(NC(=O)c4cccs4)cc3[nH]2)cc1)c1cccs1. The van der Waals surface area contributed by atoms with E-state index in [0.717, 1.165) is 123 Å². The molecule has 21 rings (SSSR count). The molecule has 11 N–H and O–H groups in total. The number of fused-ring (bicyclic) bond motifs is 5. The van der Waals surface area contributed by atoms with Crippen LogP contribution in [0, 0.1) is 40.4 Å². The number of rotatable bonds is 19. The monoisotopic (exact) mass is 2010 g/mol. The minimum atomic E-state index is -0.313. The van der Waals surface area contributed by atoms with Gasteiger partial charge in [0.1, 0.15) is 46.4 Å². The zero-order valence-corrected chi connectivity index (χ0v) is 82.0. The van der Waals surface area contributed by atoms with Gasteiger partial charge in [-0.2, -0.15) is 0 Å². The van der Waals surface area contributed by atoms with Crippen molar-refractivity contribution >= 4 is 205 Å². The predicted molar refractivity (Wildman–Crippen MR) is 572 cm³/mol. The second-order valence-corrected chi connectivity index (χ2v) is 36.6. The third kappa shape index (κ3) is 23.6. The van der Waals surface area contributed by atoms with Gasteiger partial charge in [-0.3, -0.25) is 28.8 Å². The number of aromatic amines is 5. The van der Waals surface area contributed by atoms with Crippen LogP contribution in [0.4, 0.5) is 38.5 Å². The van der Waals surface area contributed by atoms with E-state index in [9.17, 15) is 33.2 Å². The lowest BCUT2D eigenvalue weighted by Gasteiger charge is -2.12.